The summed E-state index contributed by atoms with van der Waals surface area (Å²) < 4.78 is 2.61. The highest BCUT2D eigenvalue weighted by Gasteiger charge is 2.07. The van der Waals surface area contributed by atoms with Crippen molar-refractivity contribution in [1.82, 2.24) is 4.57 Å². The van der Waals surface area contributed by atoms with Gasteiger partial charge in [-0.3, -0.25) is 4.79 Å². The van der Waals surface area contributed by atoms with Crippen LogP contribution in [0, 0.1) is 0 Å². The van der Waals surface area contributed by atoms with Crippen molar-refractivity contribution in [3.8, 4) is 0 Å². The van der Waals surface area contributed by atoms with E-state index >= 15 is 0 Å². The van der Waals surface area contributed by atoms with Gasteiger partial charge < -0.3 is 10.3 Å². The van der Waals surface area contributed by atoms with Crippen LogP contribution in [0.15, 0.2) is 63.9 Å². The number of anilines is 1. The fraction of sp³-hybridized carbons (Fsp3) is 0.0625. The number of para-hydroxylation sites is 1. The lowest BCUT2D eigenvalue weighted by atomic mass is 10.1. The molecule has 0 saturated heterocycles. The molecule has 2 N–H and O–H groups in total. The number of hydrogen-bond donors (Lipinski definition) is 1. The van der Waals surface area contributed by atoms with Crippen LogP contribution < -0.4 is 11.3 Å². The monoisotopic (exact) mass is 328 g/mol. The fourth-order valence-electron chi connectivity index (χ4n) is 2.30. The molecule has 100 valence electrons. The molecule has 0 spiro atoms. The van der Waals surface area contributed by atoms with Gasteiger partial charge in [0.1, 0.15) is 0 Å². The van der Waals surface area contributed by atoms with Crippen molar-refractivity contribution < 1.29 is 0 Å². The normalized spacial score (nSPS) is 10.8. The first-order valence-corrected chi connectivity index (χ1v) is 7.07. The largest absolute Gasteiger partial charge is 0.398 e. The van der Waals surface area contributed by atoms with Gasteiger partial charge in [0.2, 0.25) is 0 Å². The first-order chi connectivity index (χ1) is 9.66. The number of hydrogen-bond acceptors (Lipinski definition) is 2. The van der Waals surface area contributed by atoms with Crippen LogP contribution in [-0.2, 0) is 6.54 Å². The van der Waals surface area contributed by atoms with Gasteiger partial charge in [-0.2, -0.15) is 0 Å². The minimum Gasteiger partial charge on any atom is -0.398 e. The molecule has 3 nitrogen and oxygen atoms in total. The molecule has 0 atom stereocenters. The van der Waals surface area contributed by atoms with Gasteiger partial charge in [-0.1, -0.05) is 30.3 Å². The van der Waals surface area contributed by atoms with E-state index in [1.807, 2.05) is 48.5 Å². The van der Waals surface area contributed by atoms with E-state index < -0.39 is 0 Å². The van der Waals surface area contributed by atoms with E-state index in [4.69, 9.17) is 5.73 Å². The molecule has 2 aromatic carbocycles. The highest BCUT2D eigenvalue weighted by Crippen LogP contribution is 2.25. The summed E-state index contributed by atoms with van der Waals surface area (Å²) in [6.07, 6.45) is 0. The number of halogens is 1. The first-order valence-electron chi connectivity index (χ1n) is 6.28. The Hall–Kier alpha value is -2.07. The van der Waals surface area contributed by atoms with Crippen LogP contribution in [0.5, 0.6) is 0 Å². The lowest BCUT2D eigenvalue weighted by Crippen LogP contribution is -2.20. The molecule has 20 heavy (non-hydrogen) atoms. The molecule has 0 bridgehead atoms. The number of pyridine rings is 1. The molecule has 0 unspecified atom stereocenters. The van der Waals surface area contributed by atoms with Crippen molar-refractivity contribution in [2.75, 3.05) is 5.73 Å². The van der Waals surface area contributed by atoms with Crippen molar-refractivity contribution in [3.63, 3.8) is 0 Å². The summed E-state index contributed by atoms with van der Waals surface area (Å²) in [5.74, 6) is 0. The number of fused-ring (bicyclic) bond motifs is 1. The van der Waals surface area contributed by atoms with Crippen molar-refractivity contribution in [1.29, 1.82) is 0 Å². The molecule has 3 aromatic rings. The second-order valence-corrected chi connectivity index (χ2v) is 5.43. The Labute approximate surface area is 124 Å². The SMILES string of the molecule is Nc1cccc(Cn2c(=O)ccc3ccccc32)c1Br. The number of nitrogens with two attached hydrogens (primary N) is 1. The van der Waals surface area contributed by atoms with Gasteiger partial charge in [0, 0.05) is 16.2 Å². The lowest BCUT2D eigenvalue weighted by Gasteiger charge is -2.12. The molecule has 1 heterocycles. The Bertz CT molecular complexity index is 839. The zero-order valence-electron chi connectivity index (χ0n) is 10.7. The quantitative estimate of drug-likeness (QED) is 0.733. The molecule has 0 aliphatic rings. The average molecular weight is 329 g/mol. The number of aromatic nitrogens is 1. The maximum Gasteiger partial charge on any atom is 0.251 e. The summed E-state index contributed by atoms with van der Waals surface area (Å²) in [6.45, 7) is 0.492. The van der Waals surface area contributed by atoms with E-state index in [1.54, 1.807) is 10.6 Å². The van der Waals surface area contributed by atoms with Gasteiger partial charge in [0.05, 0.1) is 12.1 Å². The van der Waals surface area contributed by atoms with E-state index in [-0.39, 0.29) is 5.56 Å². The number of benzene rings is 2. The summed E-state index contributed by atoms with van der Waals surface area (Å²) in [5, 5.41) is 1.05. The number of nitrogen functional groups attached to an aromatic ring is 1. The molecule has 0 aliphatic carbocycles. The summed E-state index contributed by atoms with van der Waals surface area (Å²) in [4.78, 5) is 12.2. The van der Waals surface area contributed by atoms with Gasteiger partial charge in [-0.25, -0.2) is 0 Å². The summed E-state index contributed by atoms with van der Waals surface area (Å²) in [6, 6.07) is 17.0. The first kappa shape index (κ1) is 12.9. The smallest absolute Gasteiger partial charge is 0.251 e. The highest BCUT2D eigenvalue weighted by molar-refractivity contribution is 9.10. The maximum atomic E-state index is 12.2. The van der Waals surface area contributed by atoms with Crippen molar-refractivity contribution in [2.45, 2.75) is 6.54 Å². The van der Waals surface area contributed by atoms with Gasteiger partial charge in [-0.15, -0.1) is 0 Å². The summed E-state index contributed by atoms with van der Waals surface area (Å²) in [5.41, 5.74) is 8.47. The van der Waals surface area contributed by atoms with Crippen LogP contribution in [0.2, 0.25) is 0 Å². The van der Waals surface area contributed by atoms with E-state index in [0.717, 1.165) is 20.9 Å². The Morgan fingerprint density at radius 2 is 1.80 bits per heavy atom. The van der Waals surface area contributed by atoms with Gasteiger partial charge in [0.15, 0.2) is 0 Å². The van der Waals surface area contributed by atoms with Gasteiger partial charge >= 0.3 is 0 Å². The van der Waals surface area contributed by atoms with E-state index in [0.29, 0.717) is 12.2 Å². The third-order valence-corrected chi connectivity index (χ3v) is 4.30. The predicted molar refractivity (Wildman–Crippen MR) is 85.9 cm³/mol. The van der Waals surface area contributed by atoms with Crippen LogP contribution >= 0.6 is 15.9 Å². The van der Waals surface area contributed by atoms with Crippen molar-refractivity contribution in [2.24, 2.45) is 0 Å². The third-order valence-electron chi connectivity index (χ3n) is 3.34. The zero-order chi connectivity index (χ0) is 14.1. The second-order valence-electron chi connectivity index (χ2n) is 4.64. The molecule has 0 fully saturated rings. The second kappa shape index (κ2) is 5.13. The lowest BCUT2D eigenvalue weighted by molar-refractivity contribution is 0.792. The Kier molecular flexibility index (Phi) is 3.32. The van der Waals surface area contributed by atoms with Crippen molar-refractivity contribution in [3.05, 3.63) is 75.0 Å². The van der Waals surface area contributed by atoms with Crippen molar-refractivity contribution >= 4 is 32.5 Å². The van der Waals surface area contributed by atoms with Crippen LogP contribution in [0.25, 0.3) is 10.9 Å². The van der Waals surface area contributed by atoms with E-state index in [1.165, 1.54) is 0 Å². The van der Waals surface area contributed by atoms with Crippen LogP contribution in [-0.4, -0.2) is 4.57 Å². The summed E-state index contributed by atoms with van der Waals surface area (Å²) in [7, 11) is 0. The molecule has 3 rings (SSSR count). The average Bonchev–Trinajstić information content (AvgIpc) is 2.46. The standard InChI is InChI=1S/C16H13BrN2O/c17-16-12(5-3-6-13(16)18)10-19-14-7-2-1-4-11(14)8-9-15(19)20/h1-9H,10,18H2. The Morgan fingerprint density at radius 1 is 1.00 bits per heavy atom. The minimum atomic E-state index is -0.0157. The minimum absolute atomic E-state index is 0.0157. The van der Waals surface area contributed by atoms with E-state index in [2.05, 4.69) is 15.9 Å². The fourth-order valence-corrected chi connectivity index (χ4v) is 2.69. The van der Waals surface area contributed by atoms with Crippen LogP contribution in [0.4, 0.5) is 5.69 Å². The number of rotatable bonds is 2. The van der Waals surface area contributed by atoms with Gasteiger partial charge in [0.25, 0.3) is 5.56 Å². The Morgan fingerprint density at radius 3 is 2.65 bits per heavy atom. The highest BCUT2D eigenvalue weighted by atomic mass is 79.9. The topological polar surface area (TPSA) is 48.0 Å². The molecule has 0 radical (unpaired) electrons. The molecule has 0 aliphatic heterocycles. The van der Waals surface area contributed by atoms with E-state index in [9.17, 15) is 4.79 Å². The van der Waals surface area contributed by atoms with Crippen LogP contribution in [0.3, 0.4) is 0 Å². The Balaban J connectivity index is 2.18. The number of nitrogens with zero attached hydrogens (tertiary/aromatic N) is 1. The predicted octanol–water partition coefficient (Wildman–Crippen LogP) is 3.39. The molecular weight excluding hydrogens is 316 g/mol. The maximum absolute atomic E-state index is 12.2. The molecule has 4 heteroatoms. The van der Waals surface area contributed by atoms with Gasteiger partial charge in [-0.05, 0) is 45.1 Å². The molecule has 0 amide bonds. The molecule has 0 saturated carbocycles. The molecule has 1 aromatic heterocycles. The third kappa shape index (κ3) is 2.23. The van der Waals surface area contributed by atoms with Crippen LogP contribution in [0.1, 0.15) is 5.56 Å². The molecular formula is C16H13BrN2O. The summed E-state index contributed by atoms with van der Waals surface area (Å²) >= 11 is 3.49. The zero-order valence-corrected chi connectivity index (χ0v) is 12.3.